The van der Waals surface area contributed by atoms with Crippen molar-refractivity contribution in [2.75, 3.05) is 0 Å². The Morgan fingerprint density at radius 3 is 0.747 bits per heavy atom. The van der Waals surface area contributed by atoms with E-state index in [1.165, 1.54) is 32.1 Å². The van der Waals surface area contributed by atoms with E-state index in [4.69, 9.17) is 0 Å². The first-order chi connectivity index (χ1) is 36.4. The molecule has 0 radical (unpaired) electrons. The number of fused-ring (bicyclic) bond motifs is 10. The zero-order valence-electron chi connectivity index (χ0n) is 43.5. The average molecular weight is 991 g/mol. The summed E-state index contributed by atoms with van der Waals surface area (Å²) in [5.74, 6) is 6.46. The van der Waals surface area contributed by atoms with E-state index in [-0.39, 0.29) is 34.7 Å². The van der Waals surface area contributed by atoms with Gasteiger partial charge in [0.1, 0.15) is 0 Å². The molecule has 0 N–H and O–H groups in total. The van der Waals surface area contributed by atoms with Crippen molar-refractivity contribution in [3.63, 3.8) is 0 Å². The summed E-state index contributed by atoms with van der Waals surface area (Å²) in [6, 6.07) is 41.7. The number of ketones is 6. The smallest absolute Gasteiger partial charge is 0.194 e. The van der Waals surface area contributed by atoms with Gasteiger partial charge in [-0.25, -0.2) is 0 Å². The lowest BCUT2D eigenvalue weighted by molar-refractivity contribution is 0.0979. The van der Waals surface area contributed by atoms with Crippen LogP contribution in [0.3, 0.4) is 0 Å². The Balaban J connectivity index is 0.000000122. The fraction of sp³-hybridized carbons (Fsp3) is 0.246. The maximum absolute atomic E-state index is 12.1. The summed E-state index contributed by atoms with van der Waals surface area (Å²) >= 11 is 0. The van der Waals surface area contributed by atoms with Crippen LogP contribution in [0.15, 0.2) is 207 Å². The molecule has 2 saturated carbocycles. The van der Waals surface area contributed by atoms with Crippen LogP contribution in [0.5, 0.6) is 0 Å². The minimum absolute atomic E-state index is 0.0641. The second kappa shape index (κ2) is 24.4. The number of hydrogen-bond acceptors (Lipinski definition) is 6. The van der Waals surface area contributed by atoms with Crippen molar-refractivity contribution < 1.29 is 28.8 Å². The fourth-order valence-corrected chi connectivity index (χ4v) is 11.4. The predicted octanol–water partition coefficient (Wildman–Crippen LogP) is 15.4. The summed E-state index contributed by atoms with van der Waals surface area (Å²) < 4.78 is 0. The van der Waals surface area contributed by atoms with E-state index < -0.39 is 0 Å². The molecular weight excluding hydrogens is 925 g/mol. The molecule has 6 nitrogen and oxygen atoms in total. The van der Waals surface area contributed by atoms with Crippen LogP contribution < -0.4 is 0 Å². The molecule has 8 aliphatic carbocycles. The highest BCUT2D eigenvalue weighted by Crippen LogP contribution is 2.43. The van der Waals surface area contributed by atoms with Gasteiger partial charge < -0.3 is 0 Å². The van der Waals surface area contributed by atoms with Gasteiger partial charge in [-0.15, -0.1) is 13.2 Å². The van der Waals surface area contributed by atoms with Gasteiger partial charge in [-0.05, 0) is 79.4 Å². The monoisotopic (exact) mass is 990 g/mol. The molecule has 378 valence electrons. The lowest BCUT2D eigenvalue weighted by Gasteiger charge is -2.16. The first kappa shape index (κ1) is 53.3. The van der Waals surface area contributed by atoms with Crippen molar-refractivity contribution in [2.24, 2.45) is 47.3 Å². The summed E-state index contributed by atoms with van der Waals surface area (Å²) in [7, 11) is 0. The van der Waals surface area contributed by atoms with E-state index in [2.05, 4.69) is 75.6 Å². The molecule has 6 atom stereocenters. The molecule has 75 heavy (non-hydrogen) atoms. The molecule has 0 saturated heterocycles. The summed E-state index contributed by atoms with van der Waals surface area (Å²) in [4.78, 5) is 72.6. The maximum atomic E-state index is 12.1. The molecular formula is C69H66O6. The predicted molar refractivity (Wildman–Crippen MR) is 301 cm³/mol. The maximum Gasteiger partial charge on any atom is 0.194 e. The standard InChI is InChI=1S/3C14H8O2.C10H16.C8H12.C7H8.C2H6/c3*15-13-9-5-1-2-6-10(9)14(16)12-8-4-3-7-11(12)13;1-4-9-6-8(3)10(5-2)7-9;1-6-4-7-2-3-8(6)5-7;1-2-7-4-3-6(1)5-7;1-2/h3*1-8H;4-5,8-10H,1-2,6-7H2,3H3;2-3,6-8H,4-5H2,1H3;1-4,6-7H,5H2;1-2H3. The molecule has 6 aromatic rings. The van der Waals surface area contributed by atoms with Gasteiger partial charge in [0.25, 0.3) is 0 Å². The Morgan fingerprint density at radius 1 is 0.333 bits per heavy atom. The largest absolute Gasteiger partial charge is 0.289 e. The van der Waals surface area contributed by atoms with E-state index in [9.17, 15) is 28.8 Å². The van der Waals surface area contributed by atoms with Crippen LogP contribution in [0, 0.1) is 47.3 Å². The van der Waals surface area contributed by atoms with Crippen molar-refractivity contribution in [2.45, 2.75) is 59.8 Å². The lowest BCUT2D eigenvalue weighted by atomic mass is 9.84. The van der Waals surface area contributed by atoms with Gasteiger partial charge in [0.2, 0.25) is 0 Å². The highest BCUT2D eigenvalue weighted by Gasteiger charge is 2.33. The summed E-state index contributed by atoms with van der Waals surface area (Å²) in [5.41, 5.74) is 6.07. The highest BCUT2D eigenvalue weighted by molar-refractivity contribution is 6.30. The minimum Gasteiger partial charge on any atom is -0.289 e. The Labute approximate surface area is 442 Å². The third kappa shape index (κ3) is 11.6. The summed E-state index contributed by atoms with van der Waals surface area (Å²) in [5, 5.41) is 0. The molecule has 0 amide bonds. The van der Waals surface area contributed by atoms with Crippen LogP contribution in [0.25, 0.3) is 0 Å². The van der Waals surface area contributed by atoms with Gasteiger partial charge in [-0.2, -0.15) is 0 Å². The molecule has 2 fully saturated rings. The molecule has 14 rings (SSSR count). The van der Waals surface area contributed by atoms with E-state index in [1.54, 1.807) is 146 Å². The van der Waals surface area contributed by atoms with Crippen molar-refractivity contribution >= 4 is 34.7 Å². The zero-order valence-corrected chi connectivity index (χ0v) is 43.5. The Morgan fingerprint density at radius 2 is 0.613 bits per heavy atom. The Hall–Kier alpha value is -7.96. The Bertz CT molecular complexity index is 2640. The SMILES string of the molecule is C1=CC2C=CC1C2.C=CC1CC(C)C(C=C)C1.CC.CC1CC2C=CC1C2.O=C1c2ccccc2C(=O)c2ccccc21.O=C1c2ccccc2C(=O)c2ccccc21.O=C1c2ccccc2C(=O)c2ccccc21. The molecule has 6 aromatic carbocycles. The van der Waals surface area contributed by atoms with E-state index in [0.717, 1.165) is 47.3 Å². The minimum atomic E-state index is -0.0641. The van der Waals surface area contributed by atoms with Crippen molar-refractivity contribution in [3.05, 3.63) is 274 Å². The summed E-state index contributed by atoms with van der Waals surface area (Å²) in [6.45, 7) is 16.3. The van der Waals surface area contributed by atoms with Crippen LogP contribution in [-0.2, 0) is 0 Å². The third-order valence-corrected chi connectivity index (χ3v) is 15.5. The first-order valence-corrected chi connectivity index (χ1v) is 26.6. The van der Waals surface area contributed by atoms with Gasteiger partial charge in [0.05, 0.1) is 0 Å². The number of rotatable bonds is 2. The molecule has 6 heteroatoms. The van der Waals surface area contributed by atoms with Crippen LogP contribution in [-0.4, -0.2) is 34.7 Å². The number of allylic oxidation sites excluding steroid dienone is 8. The lowest BCUT2D eigenvalue weighted by Crippen LogP contribution is -2.20. The highest BCUT2D eigenvalue weighted by atomic mass is 16.2. The van der Waals surface area contributed by atoms with Gasteiger partial charge in [-0.1, -0.05) is 222 Å². The van der Waals surface area contributed by atoms with Gasteiger partial charge >= 0.3 is 0 Å². The van der Waals surface area contributed by atoms with E-state index in [1.807, 2.05) is 13.8 Å². The van der Waals surface area contributed by atoms with Crippen molar-refractivity contribution in [1.82, 2.24) is 0 Å². The van der Waals surface area contributed by atoms with Crippen LogP contribution in [0.2, 0.25) is 0 Å². The quantitative estimate of drug-likeness (QED) is 0.160. The topological polar surface area (TPSA) is 102 Å². The zero-order chi connectivity index (χ0) is 53.2. The second-order valence-corrected chi connectivity index (χ2v) is 20.2. The summed E-state index contributed by atoms with van der Waals surface area (Å²) in [6.07, 6.45) is 25.0. The van der Waals surface area contributed by atoms with Gasteiger partial charge in [0.15, 0.2) is 34.7 Å². The number of benzene rings is 6. The van der Waals surface area contributed by atoms with Gasteiger partial charge in [-0.3, -0.25) is 28.8 Å². The normalized spacial score (nSPS) is 23.3. The van der Waals surface area contributed by atoms with Crippen LogP contribution in [0.4, 0.5) is 0 Å². The Kier molecular flexibility index (Phi) is 17.3. The van der Waals surface area contributed by atoms with Crippen LogP contribution >= 0.6 is 0 Å². The average Bonchev–Trinajstić information content (AvgIpc) is 4.36. The molecule has 8 aliphatic rings. The van der Waals surface area contributed by atoms with E-state index in [0.29, 0.717) is 66.8 Å². The molecule has 0 aromatic heterocycles. The number of carbonyl (C=O) groups excluding carboxylic acids is 6. The van der Waals surface area contributed by atoms with E-state index >= 15 is 0 Å². The van der Waals surface area contributed by atoms with Gasteiger partial charge in [0, 0.05) is 66.8 Å². The van der Waals surface area contributed by atoms with Crippen molar-refractivity contribution in [3.8, 4) is 0 Å². The molecule has 6 unspecified atom stereocenters. The molecule has 0 aliphatic heterocycles. The van der Waals surface area contributed by atoms with Crippen molar-refractivity contribution in [1.29, 1.82) is 0 Å². The number of hydrogen-bond donors (Lipinski definition) is 0. The second-order valence-electron chi connectivity index (χ2n) is 20.2. The fourth-order valence-electron chi connectivity index (χ4n) is 11.4. The molecule has 0 spiro atoms. The molecule has 4 bridgehead atoms. The molecule has 0 heterocycles. The number of carbonyl (C=O) groups is 6. The van der Waals surface area contributed by atoms with Crippen LogP contribution in [0.1, 0.15) is 155 Å². The first-order valence-electron chi connectivity index (χ1n) is 26.6. The third-order valence-electron chi connectivity index (χ3n) is 15.5.